The molecule has 0 radical (unpaired) electrons. The third kappa shape index (κ3) is 4.10. The summed E-state index contributed by atoms with van der Waals surface area (Å²) in [5.74, 6) is 1.92. The zero-order chi connectivity index (χ0) is 22.0. The van der Waals surface area contributed by atoms with E-state index < -0.39 is 5.92 Å². The summed E-state index contributed by atoms with van der Waals surface area (Å²) in [5.41, 5.74) is 1.55. The van der Waals surface area contributed by atoms with Crippen LogP contribution >= 0.6 is 0 Å². The molecule has 2 aromatic carbocycles. The van der Waals surface area contributed by atoms with Gasteiger partial charge in [0, 0.05) is 43.9 Å². The van der Waals surface area contributed by atoms with Crippen molar-refractivity contribution in [2.75, 3.05) is 45.9 Å². The molecule has 8 nitrogen and oxygen atoms in total. The van der Waals surface area contributed by atoms with Crippen molar-refractivity contribution in [3.8, 4) is 23.0 Å². The minimum absolute atomic E-state index is 0.0811. The third-order valence-corrected chi connectivity index (χ3v) is 5.58. The first kappa shape index (κ1) is 20.8. The number of fused-ring (bicyclic) bond motifs is 1. The predicted molar refractivity (Wildman–Crippen MR) is 114 cm³/mol. The zero-order valence-corrected chi connectivity index (χ0v) is 17.9. The van der Waals surface area contributed by atoms with Gasteiger partial charge >= 0.3 is 0 Å². The minimum Gasteiger partial charge on any atom is -0.493 e. The minimum atomic E-state index is -0.415. The summed E-state index contributed by atoms with van der Waals surface area (Å²) >= 11 is 0. The van der Waals surface area contributed by atoms with Crippen molar-refractivity contribution in [2.45, 2.75) is 13.0 Å². The molecular formula is C23H26N2O6. The Bertz CT molecular complexity index is 992. The maximum absolute atomic E-state index is 13.1. The number of methoxy groups -OCH3 is 2. The number of ether oxygens (including phenoxy) is 4. The van der Waals surface area contributed by atoms with Gasteiger partial charge in [0.15, 0.2) is 23.0 Å². The average Bonchev–Trinajstić information content (AvgIpc) is 3.19. The molecule has 1 atom stereocenters. The van der Waals surface area contributed by atoms with Crippen molar-refractivity contribution >= 4 is 17.5 Å². The molecule has 2 heterocycles. The summed E-state index contributed by atoms with van der Waals surface area (Å²) < 4.78 is 22.0. The van der Waals surface area contributed by atoms with E-state index >= 15 is 0 Å². The Morgan fingerprint density at radius 3 is 2.65 bits per heavy atom. The molecule has 1 saturated heterocycles. The number of amides is 2. The Morgan fingerprint density at radius 1 is 1.13 bits per heavy atom. The standard InChI is InChI=1S/C23H26N2O6/c1-24(13-15-5-4-6-19(28-2)22(15)29-3)23(27)16-11-21(26)25(14-16)17-7-8-18-20(12-17)31-10-9-30-18/h4-8,12,16H,9-11,13-14H2,1-3H3. The van der Waals surface area contributed by atoms with Gasteiger partial charge in [-0.15, -0.1) is 0 Å². The highest BCUT2D eigenvalue weighted by atomic mass is 16.6. The van der Waals surface area contributed by atoms with Gasteiger partial charge < -0.3 is 28.7 Å². The average molecular weight is 426 g/mol. The molecule has 0 spiro atoms. The number of carbonyl (C=O) groups is 2. The van der Waals surface area contributed by atoms with Crippen molar-refractivity contribution in [3.05, 3.63) is 42.0 Å². The van der Waals surface area contributed by atoms with Gasteiger partial charge in [-0.1, -0.05) is 12.1 Å². The molecule has 2 aliphatic rings. The lowest BCUT2D eigenvalue weighted by Crippen LogP contribution is -2.34. The van der Waals surface area contributed by atoms with Gasteiger partial charge in [-0.3, -0.25) is 9.59 Å². The van der Waals surface area contributed by atoms with Crippen LogP contribution in [0.2, 0.25) is 0 Å². The first-order valence-corrected chi connectivity index (χ1v) is 10.2. The van der Waals surface area contributed by atoms with E-state index in [1.165, 1.54) is 0 Å². The van der Waals surface area contributed by atoms with Crippen molar-refractivity contribution in [3.63, 3.8) is 0 Å². The third-order valence-electron chi connectivity index (χ3n) is 5.58. The quantitative estimate of drug-likeness (QED) is 0.706. The van der Waals surface area contributed by atoms with Crippen LogP contribution in [0.1, 0.15) is 12.0 Å². The summed E-state index contributed by atoms with van der Waals surface area (Å²) in [4.78, 5) is 29.0. The number of nitrogens with zero attached hydrogens (tertiary/aromatic N) is 2. The molecule has 0 aromatic heterocycles. The number of hydrogen-bond donors (Lipinski definition) is 0. The maximum atomic E-state index is 13.1. The van der Waals surface area contributed by atoms with E-state index in [1.54, 1.807) is 43.2 Å². The number of anilines is 1. The summed E-state index contributed by atoms with van der Waals surface area (Å²) in [5, 5.41) is 0. The molecule has 2 aliphatic heterocycles. The largest absolute Gasteiger partial charge is 0.493 e. The van der Waals surface area contributed by atoms with Crippen LogP contribution in [-0.2, 0) is 16.1 Å². The van der Waals surface area contributed by atoms with Crippen LogP contribution < -0.4 is 23.8 Å². The fourth-order valence-corrected chi connectivity index (χ4v) is 4.05. The topological polar surface area (TPSA) is 77.5 Å². The summed E-state index contributed by atoms with van der Waals surface area (Å²) in [6, 6.07) is 11.0. The molecular weight excluding hydrogens is 400 g/mol. The predicted octanol–water partition coefficient (Wildman–Crippen LogP) is 2.49. The van der Waals surface area contributed by atoms with Crippen molar-refractivity contribution in [2.24, 2.45) is 5.92 Å². The smallest absolute Gasteiger partial charge is 0.228 e. The second-order valence-electron chi connectivity index (χ2n) is 7.58. The molecule has 0 saturated carbocycles. The van der Waals surface area contributed by atoms with E-state index in [2.05, 4.69) is 0 Å². The molecule has 31 heavy (non-hydrogen) atoms. The number of benzene rings is 2. The molecule has 8 heteroatoms. The highest BCUT2D eigenvalue weighted by molar-refractivity contribution is 6.00. The van der Waals surface area contributed by atoms with Crippen molar-refractivity contribution < 1.29 is 28.5 Å². The van der Waals surface area contributed by atoms with Gasteiger partial charge in [0.1, 0.15) is 13.2 Å². The molecule has 1 unspecified atom stereocenters. The van der Waals surface area contributed by atoms with Gasteiger partial charge in [0.25, 0.3) is 0 Å². The second kappa shape index (κ2) is 8.75. The lowest BCUT2D eigenvalue weighted by Gasteiger charge is -2.24. The van der Waals surface area contributed by atoms with Gasteiger partial charge in [-0.05, 0) is 18.2 Å². The SMILES string of the molecule is COc1cccc(CN(C)C(=O)C2CC(=O)N(c3ccc4c(c3)OCCO4)C2)c1OC. The summed E-state index contributed by atoms with van der Waals surface area (Å²) in [6.07, 6.45) is 0.173. The maximum Gasteiger partial charge on any atom is 0.228 e. The molecule has 0 bridgehead atoms. The summed E-state index contributed by atoms with van der Waals surface area (Å²) in [6.45, 7) is 1.67. The van der Waals surface area contributed by atoms with Crippen LogP contribution in [0.25, 0.3) is 0 Å². The van der Waals surface area contributed by atoms with E-state index in [0.717, 1.165) is 5.56 Å². The van der Waals surface area contributed by atoms with Crippen molar-refractivity contribution in [1.29, 1.82) is 0 Å². The Balaban J connectivity index is 1.46. The van der Waals surface area contributed by atoms with Crippen LogP contribution in [0, 0.1) is 5.92 Å². The first-order valence-electron chi connectivity index (χ1n) is 10.2. The molecule has 2 amide bonds. The molecule has 0 N–H and O–H groups in total. The molecule has 1 fully saturated rings. The fourth-order valence-electron chi connectivity index (χ4n) is 4.05. The Morgan fingerprint density at radius 2 is 1.90 bits per heavy atom. The van der Waals surface area contributed by atoms with E-state index in [9.17, 15) is 9.59 Å². The van der Waals surface area contributed by atoms with Crippen LogP contribution in [0.15, 0.2) is 36.4 Å². The second-order valence-corrected chi connectivity index (χ2v) is 7.58. The van der Waals surface area contributed by atoms with E-state index in [0.29, 0.717) is 55.0 Å². The lowest BCUT2D eigenvalue weighted by molar-refractivity contribution is -0.135. The number of rotatable bonds is 6. The normalized spacial score (nSPS) is 17.5. The van der Waals surface area contributed by atoms with E-state index in [1.807, 2.05) is 24.3 Å². The monoisotopic (exact) mass is 426 g/mol. The summed E-state index contributed by atoms with van der Waals surface area (Å²) in [7, 11) is 4.88. The van der Waals surface area contributed by atoms with E-state index in [4.69, 9.17) is 18.9 Å². The van der Waals surface area contributed by atoms with Crippen LogP contribution in [0.4, 0.5) is 5.69 Å². The Kier molecular flexibility index (Phi) is 5.88. The molecule has 164 valence electrons. The first-order chi connectivity index (χ1) is 15.0. The lowest BCUT2D eigenvalue weighted by atomic mass is 10.1. The number of carbonyl (C=O) groups excluding carboxylic acids is 2. The van der Waals surface area contributed by atoms with Crippen LogP contribution in [-0.4, -0.2) is 57.7 Å². The fraction of sp³-hybridized carbons (Fsp3) is 0.391. The van der Waals surface area contributed by atoms with Gasteiger partial charge in [-0.2, -0.15) is 0 Å². The van der Waals surface area contributed by atoms with E-state index in [-0.39, 0.29) is 18.2 Å². The number of para-hydroxylation sites is 1. The van der Waals surface area contributed by atoms with Crippen LogP contribution in [0.3, 0.4) is 0 Å². The van der Waals surface area contributed by atoms with Gasteiger partial charge in [0.2, 0.25) is 11.8 Å². The number of hydrogen-bond acceptors (Lipinski definition) is 6. The molecule has 4 rings (SSSR count). The highest BCUT2D eigenvalue weighted by Crippen LogP contribution is 2.36. The molecule has 2 aromatic rings. The zero-order valence-electron chi connectivity index (χ0n) is 17.9. The molecule has 0 aliphatic carbocycles. The van der Waals surface area contributed by atoms with Crippen molar-refractivity contribution in [1.82, 2.24) is 4.90 Å². The Labute approximate surface area is 181 Å². The van der Waals surface area contributed by atoms with Crippen LogP contribution in [0.5, 0.6) is 23.0 Å². The van der Waals surface area contributed by atoms with Gasteiger partial charge in [-0.25, -0.2) is 0 Å². The highest BCUT2D eigenvalue weighted by Gasteiger charge is 2.37. The Hall–Kier alpha value is -3.42. The van der Waals surface area contributed by atoms with Gasteiger partial charge in [0.05, 0.1) is 20.1 Å².